The van der Waals surface area contributed by atoms with Gasteiger partial charge >= 0.3 is 11.9 Å². The van der Waals surface area contributed by atoms with Crippen LogP contribution in [0.15, 0.2) is 71.8 Å². The van der Waals surface area contributed by atoms with Gasteiger partial charge in [-0.2, -0.15) is 0 Å². The number of aromatic nitrogens is 1. The van der Waals surface area contributed by atoms with Gasteiger partial charge < -0.3 is 13.9 Å². The first kappa shape index (κ1) is 21.0. The Balaban J connectivity index is 1.84. The van der Waals surface area contributed by atoms with Gasteiger partial charge in [-0.05, 0) is 42.3 Å². The number of hydrogen-bond acceptors (Lipinski definition) is 5. The van der Waals surface area contributed by atoms with E-state index in [4.69, 9.17) is 9.47 Å². The largest absolute Gasteiger partial charge is 0.462 e. The molecule has 4 aromatic rings. The number of benzene rings is 2. The number of esters is 2. The molecule has 0 aliphatic heterocycles. The second-order valence-corrected chi connectivity index (χ2v) is 7.86. The van der Waals surface area contributed by atoms with E-state index in [-0.39, 0.29) is 13.2 Å². The van der Waals surface area contributed by atoms with E-state index >= 15 is 0 Å². The fraction of sp³-hybridized carbons (Fsp3) is 0.200. The van der Waals surface area contributed by atoms with Crippen molar-refractivity contribution in [2.24, 2.45) is 0 Å². The van der Waals surface area contributed by atoms with Gasteiger partial charge in [0, 0.05) is 11.9 Å². The van der Waals surface area contributed by atoms with Crippen LogP contribution in [0.2, 0.25) is 0 Å². The molecule has 0 saturated heterocycles. The molecule has 0 spiro atoms. The zero-order valence-electron chi connectivity index (χ0n) is 17.5. The molecule has 0 bridgehead atoms. The van der Waals surface area contributed by atoms with Crippen molar-refractivity contribution in [1.82, 2.24) is 4.40 Å². The second kappa shape index (κ2) is 9.27. The second-order valence-electron chi connectivity index (χ2n) is 6.88. The van der Waals surface area contributed by atoms with Crippen molar-refractivity contribution in [1.29, 1.82) is 0 Å². The van der Waals surface area contributed by atoms with E-state index in [0.29, 0.717) is 27.4 Å². The van der Waals surface area contributed by atoms with Gasteiger partial charge in [-0.3, -0.25) is 0 Å². The van der Waals surface area contributed by atoms with Gasteiger partial charge in [0.25, 0.3) is 0 Å². The highest BCUT2D eigenvalue weighted by Crippen LogP contribution is 2.37. The lowest BCUT2D eigenvalue weighted by Gasteiger charge is -2.09. The highest BCUT2D eigenvalue weighted by molar-refractivity contribution is 7.98. The minimum Gasteiger partial charge on any atom is -0.462 e. The summed E-state index contributed by atoms with van der Waals surface area (Å²) in [5, 5.41) is 2.30. The van der Waals surface area contributed by atoms with Gasteiger partial charge in [0.05, 0.1) is 29.2 Å². The van der Waals surface area contributed by atoms with Crippen LogP contribution in [0.3, 0.4) is 0 Å². The van der Waals surface area contributed by atoms with E-state index < -0.39 is 11.9 Å². The Labute approximate surface area is 185 Å². The van der Waals surface area contributed by atoms with E-state index in [0.717, 1.165) is 16.3 Å². The molecule has 0 aliphatic carbocycles. The molecule has 2 heterocycles. The Morgan fingerprint density at radius 2 is 1.58 bits per heavy atom. The van der Waals surface area contributed by atoms with Crippen molar-refractivity contribution in [3.8, 4) is 0 Å². The molecule has 0 atom stereocenters. The molecule has 5 nitrogen and oxygen atoms in total. The summed E-state index contributed by atoms with van der Waals surface area (Å²) >= 11 is 1.45. The Kier molecular flexibility index (Phi) is 6.28. The van der Waals surface area contributed by atoms with Crippen molar-refractivity contribution < 1.29 is 19.1 Å². The van der Waals surface area contributed by atoms with E-state index in [2.05, 4.69) is 24.3 Å². The number of carbonyl (C=O) groups excluding carboxylic acids is 2. The van der Waals surface area contributed by atoms with Crippen LogP contribution >= 0.6 is 11.8 Å². The molecular formula is C25H23NO4S. The third-order valence-corrected chi connectivity index (χ3v) is 6.14. The lowest BCUT2D eigenvalue weighted by Crippen LogP contribution is -2.10. The van der Waals surface area contributed by atoms with Gasteiger partial charge in [0.15, 0.2) is 0 Å². The number of thioether (sulfide) groups is 1. The molecule has 0 radical (unpaired) electrons. The molecule has 6 heteroatoms. The topological polar surface area (TPSA) is 57.0 Å². The highest BCUT2D eigenvalue weighted by Gasteiger charge is 2.29. The molecule has 0 saturated carbocycles. The molecule has 31 heavy (non-hydrogen) atoms. The summed E-state index contributed by atoms with van der Waals surface area (Å²) < 4.78 is 12.4. The van der Waals surface area contributed by atoms with E-state index in [1.165, 1.54) is 11.8 Å². The molecule has 2 aromatic carbocycles. The lowest BCUT2D eigenvalue weighted by molar-refractivity contribution is 0.0514. The quantitative estimate of drug-likeness (QED) is 0.275. The fourth-order valence-electron chi connectivity index (χ4n) is 3.69. The normalized spacial score (nSPS) is 11.0. The smallest absolute Gasteiger partial charge is 0.356 e. The number of pyridine rings is 1. The average molecular weight is 434 g/mol. The first-order chi connectivity index (χ1) is 15.2. The molecule has 2 aromatic heterocycles. The number of carbonyl (C=O) groups is 2. The first-order valence-electron chi connectivity index (χ1n) is 10.2. The van der Waals surface area contributed by atoms with Gasteiger partial charge in [-0.15, -0.1) is 11.8 Å². The summed E-state index contributed by atoms with van der Waals surface area (Å²) in [5.74, 6) is -0.307. The number of hydrogen-bond donors (Lipinski definition) is 0. The van der Waals surface area contributed by atoms with Crippen molar-refractivity contribution in [3.63, 3.8) is 0 Å². The van der Waals surface area contributed by atoms with Crippen LogP contribution in [0.1, 0.15) is 40.3 Å². The maximum absolute atomic E-state index is 12.9. The van der Waals surface area contributed by atoms with Crippen LogP contribution in [-0.2, 0) is 15.2 Å². The van der Waals surface area contributed by atoms with Crippen LogP contribution in [0, 0.1) is 0 Å². The number of rotatable bonds is 7. The van der Waals surface area contributed by atoms with Crippen molar-refractivity contribution in [3.05, 3.63) is 83.7 Å². The Morgan fingerprint density at radius 3 is 2.39 bits per heavy atom. The molecular weight excluding hydrogens is 410 g/mol. The summed E-state index contributed by atoms with van der Waals surface area (Å²) in [6.45, 7) is 4.04. The van der Waals surface area contributed by atoms with E-state index in [1.807, 2.05) is 36.4 Å². The predicted octanol–water partition coefficient (Wildman–Crippen LogP) is 5.74. The van der Waals surface area contributed by atoms with Crippen LogP contribution in [-0.4, -0.2) is 29.6 Å². The summed E-state index contributed by atoms with van der Waals surface area (Å²) in [5.41, 5.74) is 2.51. The predicted molar refractivity (Wildman–Crippen MR) is 123 cm³/mol. The Morgan fingerprint density at radius 1 is 0.871 bits per heavy atom. The summed E-state index contributed by atoms with van der Waals surface area (Å²) in [6, 6.07) is 19.8. The van der Waals surface area contributed by atoms with Crippen molar-refractivity contribution in [2.45, 2.75) is 24.5 Å². The van der Waals surface area contributed by atoms with Gasteiger partial charge in [0.1, 0.15) is 5.69 Å². The van der Waals surface area contributed by atoms with Gasteiger partial charge in [0.2, 0.25) is 0 Å². The number of ether oxygens (including phenoxy) is 2. The van der Waals surface area contributed by atoms with Crippen LogP contribution in [0.5, 0.6) is 0 Å². The molecule has 0 aliphatic rings. The Bertz CT molecular complexity index is 1200. The number of nitrogens with zero attached hydrogens (tertiary/aromatic N) is 1. The van der Waals surface area contributed by atoms with Crippen LogP contribution in [0.25, 0.3) is 16.3 Å². The lowest BCUT2D eigenvalue weighted by atomic mass is 10.1. The van der Waals surface area contributed by atoms with Gasteiger partial charge in [-0.1, -0.05) is 48.5 Å². The highest BCUT2D eigenvalue weighted by atomic mass is 32.2. The molecule has 158 valence electrons. The SMILES string of the molecule is CCOC(=O)c1c(SCc2cccc3ccccc23)c(C(=O)OCC)n2ccccc12. The van der Waals surface area contributed by atoms with E-state index in [1.54, 1.807) is 24.4 Å². The van der Waals surface area contributed by atoms with Crippen LogP contribution < -0.4 is 0 Å². The molecule has 0 N–H and O–H groups in total. The molecule has 0 amide bonds. The van der Waals surface area contributed by atoms with E-state index in [9.17, 15) is 9.59 Å². The molecule has 0 unspecified atom stereocenters. The van der Waals surface area contributed by atoms with Crippen molar-refractivity contribution >= 4 is 40.0 Å². The summed E-state index contributed by atoms with van der Waals surface area (Å²) in [6.07, 6.45) is 1.77. The maximum atomic E-state index is 12.9. The zero-order valence-corrected chi connectivity index (χ0v) is 18.3. The molecule has 0 fully saturated rings. The standard InChI is InChI=1S/C25H23NO4S/c1-3-29-24(27)21-20-14-7-8-15-26(20)22(25(28)30-4-2)23(21)31-16-18-12-9-11-17-10-5-6-13-19(17)18/h5-15H,3-4,16H2,1-2H3. The fourth-order valence-corrected chi connectivity index (χ4v) is 4.89. The van der Waals surface area contributed by atoms with Crippen molar-refractivity contribution in [2.75, 3.05) is 13.2 Å². The summed E-state index contributed by atoms with van der Waals surface area (Å²) in [7, 11) is 0. The first-order valence-corrected chi connectivity index (χ1v) is 11.2. The zero-order chi connectivity index (χ0) is 21.8. The van der Waals surface area contributed by atoms with Gasteiger partial charge in [-0.25, -0.2) is 9.59 Å². The monoisotopic (exact) mass is 433 g/mol. The minimum absolute atomic E-state index is 0.251. The third kappa shape index (κ3) is 4.03. The third-order valence-electron chi connectivity index (χ3n) is 5.00. The molecule has 4 rings (SSSR count). The number of fused-ring (bicyclic) bond motifs is 2. The van der Waals surface area contributed by atoms with Crippen LogP contribution in [0.4, 0.5) is 0 Å². The average Bonchev–Trinajstić information content (AvgIpc) is 3.12. The summed E-state index contributed by atoms with van der Waals surface area (Å²) in [4.78, 5) is 26.4. The minimum atomic E-state index is -0.459. The maximum Gasteiger partial charge on any atom is 0.356 e. The Hall–Kier alpha value is -3.25.